The van der Waals surface area contributed by atoms with Crippen molar-refractivity contribution in [3.05, 3.63) is 61.3 Å². The number of thiophene rings is 1. The van der Waals surface area contributed by atoms with Gasteiger partial charge in [-0.3, -0.25) is 19.7 Å². The topological polar surface area (TPSA) is 101 Å². The molecule has 2 aromatic rings. The van der Waals surface area contributed by atoms with Gasteiger partial charge in [-0.15, -0.1) is 11.3 Å². The summed E-state index contributed by atoms with van der Waals surface area (Å²) in [5.41, 5.74) is -0.0442. The van der Waals surface area contributed by atoms with E-state index in [0.29, 0.717) is 4.88 Å². The lowest BCUT2D eigenvalue weighted by Gasteiger charge is -2.09. The van der Waals surface area contributed by atoms with Crippen LogP contribution < -0.4 is 0 Å². The Hall–Kier alpha value is -2.85. The van der Waals surface area contributed by atoms with Gasteiger partial charge in [0.2, 0.25) is 0 Å². The van der Waals surface area contributed by atoms with Crippen LogP contribution in [0.2, 0.25) is 0 Å². The third kappa shape index (κ3) is 3.17. The fourth-order valence-electron chi connectivity index (χ4n) is 2.19. The summed E-state index contributed by atoms with van der Waals surface area (Å²) in [5, 5.41) is 20.2. The minimum atomic E-state index is -1.51. The molecule has 0 aliphatic rings. The average molecular weight is 328 g/mol. The van der Waals surface area contributed by atoms with Crippen LogP contribution in [0.1, 0.15) is 30.5 Å². The molecule has 0 aliphatic heterocycles. The normalized spacial score (nSPS) is 11.5. The number of aryl methyl sites for hydroxylation is 1. The Morgan fingerprint density at radius 3 is 2.43 bits per heavy atom. The Morgan fingerprint density at radius 1 is 1.22 bits per heavy atom. The fourth-order valence-corrected chi connectivity index (χ4v) is 3.03. The van der Waals surface area contributed by atoms with Crippen molar-refractivity contribution >= 4 is 28.6 Å². The summed E-state index contributed by atoms with van der Waals surface area (Å²) in [6.45, 7) is 3.24. The largest absolute Gasteiger partial charge is 0.292 e. The molecular weight excluding hydrogens is 316 g/mol. The van der Waals surface area contributed by atoms with Crippen LogP contribution in [0.4, 0.5) is 5.69 Å². The van der Waals surface area contributed by atoms with Gasteiger partial charge in [-0.05, 0) is 26.0 Å². The van der Waals surface area contributed by atoms with E-state index < -0.39 is 22.4 Å². The first-order valence-corrected chi connectivity index (χ1v) is 7.47. The zero-order chi connectivity index (χ0) is 17.1. The second-order valence-electron chi connectivity index (χ2n) is 4.91. The average Bonchev–Trinajstić information content (AvgIpc) is 2.94. The molecule has 0 aliphatic carbocycles. The van der Waals surface area contributed by atoms with E-state index in [1.54, 1.807) is 18.2 Å². The van der Waals surface area contributed by atoms with Gasteiger partial charge < -0.3 is 0 Å². The highest BCUT2D eigenvalue weighted by Crippen LogP contribution is 2.26. The number of carbonyl (C=O) groups excluding carboxylic acids is 2. The van der Waals surface area contributed by atoms with Crippen molar-refractivity contribution in [2.75, 3.05) is 0 Å². The maximum atomic E-state index is 12.5. The van der Waals surface area contributed by atoms with Crippen LogP contribution in [0.25, 0.3) is 0 Å². The maximum absolute atomic E-state index is 12.5. The zero-order valence-electron chi connectivity index (χ0n) is 12.4. The Labute approximate surface area is 136 Å². The Balaban J connectivity index is 2.42. The summed E-state index contributed by atoms with van der Waals surface area (Å²) in [6, 6.07) is 9.06. The minimum Gasteiger partial charge on any atom is -0.292 e. The molecule has 1 aromatic heterocycles. The van der Waals surface area contributed by atoms with E-state index in [1.165, 1.54) is 36.5 Å². The molecule has 1 unspecified atom stereocenters. The van der Waals surface area contributed by atoms with Crippen molar-refractivity contribution in [1.29, 1.82) is 5.26 Å². The lowest BCUT2D eigenvalue weighted by atomic mass is 9.91. The molecule has 1 heterocycles. The summed E-state index contributed by atoms with van der Waals surface area (Å²) >= 11 is 1.20. The van der Waals surface area contributed by atoms with Crippen molar-refractivity contribution in [1.82, 2.24) is 0 Å². The van der Waals surface area contributed by atoms with E-state index in [4.69, 9.17) is 0 Å². The maximum Gasteiger partial charge on any atom is 0.273 e. The molecule has 0 bridgehead atoms. The predicted octanol–water partition coefficient (Wildman–Crippen LogP) is 3.48. The number of Topliss-reactive ketones (excluding diaryl/α,β-unsaturated/α-hetero) is 2. The molecule has 1 aromatic carbocycles. The van der Waals surface area contributed by atoms with E-state index in [9.17, 15) is 25.0 Å². The molecule has 23 heavy (non-hydrogen) atoms. The zero-order valence-corrected chi connectivity index (χ0v) is 13.2. The van der Waals surface area contributed by atoms with E-state index in [-0.39, 0.29) is 16.8 Å². The second-order valence-corrected chi connectivity index (χ2v) is 6.20. The number of hydrogen-bond acceptors (Lipinski definition) is 6. The van der Waals surface area contributed by atoms with Gasteiger partial charge in [0.25, 0.3) is 5.69 Å². The standard InChI is InChI=1S/C16H12N2O4S/c1-9-6-7-14(23-9)16(20)12(8-17)15(19)11-4-3-5-13(10(11)2)18(21)22/h3-7,12H,1-2H3. The summed E-state index contributed by atoms with van der Waals surface area (Å²) < 4.78 is 0. The third-order valence-corrected chi connectivity index (χ3v) is 4.42. The molecule has 0 radical (unpaired) electrons. The smallest absolute Gasteiger partial charge is 0.273 e. The van der Waals surface area contributed by atoms with Crippen LogP contribution in [-0.4, -0.2) is 16.5 Å². The van der Waals surface area contributed by atoms with Gasteiger partial charge in [-0.25, -0.2) is 0 Å². The molecule has 0 spiro atoms. The van der Waals surface area contributed by atoms with Gasteiger partial charge in [-0.2, -0.15) is 5.26 Å². The van der Waals surface area contributed by atoms with Crippen molar-refractivity contribution in [3.8, 4) is 6.07 Å². The molecular formula is C16H12N2O4S. The van der Waals surface area contributed by atoms with Gasteiger partial charge in [0, 0.05) is 22.1 Å². The number of rotatable bonds is 5. The van der Waals surface area contributed by atoms with Crippen LogP contribution in [0.5, 0.6) is 0 Å². The van der Waals surface area contributed by atoms with Gasteiger partial charge in [0.05, 0.1) is 15.9 Å². The molecule has 0 saturated carbocycles. The van der Waals surface area contributed by atoms with Crippen LogP contribution in [0, 0.1) is 41.2 Å². The first kappa shape index (κ1) is 16.5. The molecule has 0 amide bonds. The molecule has 7 heteroatoms. The third-order valence-electron chi connectivity index (χ3n) is 3.40. The first-order valence-electron chi connectivity index (χ1n) is 6.65. The molecule has 1 atom stereocenters. The highest BCUT2D eigenvalue weighted by molar-refractivity contribution is 7.14. The SMILES string of the molecule is Cc1ccc(C(=O)C(C#N)C(=O)c2cccc([N+](=O)[O-])c2C)s1. The van der Waals surface area contributed by atoms with Gasteiger partial charge in [0.15, 0.2) is 17.5 Å². The van der Waals surface area contributed by atoms with Crippen molar-refractivity contribution in [2.24, 2.45) is 5.92 Å². The van der Waals surface area contributed by atoms with Crippen LogP contribution in [0.15, 0.2) is 30.3 Å². The molecule has 0 fully saturated rings. The molecule has 2 rings (SSSR count). The van der Waals surface area contributed by atoms with Crippen LogP contribution in [-0.2, 0) is 0 Å². The monoisotopic (exact) mass is 328 g/mol. The summed E-state index contributed by atoms with van der Waals surface area (Å²) in [4.78, 5) is 36.5. The van der Waals surface area contributed by atoms with Crippen LogP contribution in [0.3, 0.4) is 0 Å². The number of nitro benzene ring substituents is 1. The molecule has 6 nitrogen and oxygen atoms in total. The Bertz CT molecular complexity index is 848. The van der Waals surface area contributed by atoms with Crippen molar-refractivity contribution in [2.45, 2.75) is 13.8 Å². The van der Waals surface area contributed by atoms with Crippen molar-refractivity contribution < 1.29 is 14.5 Å². The number of hydrogen-bond donors (Lipinski definition) is 0. The number of ketones is 2. The fraction of sp³-hybridized carbons (Fsp3) is 0.188. The quantitative estimate of drug-likeness (QED) is 0.362. The minimum absolute atomic E-state index is 0.0207. The van der Waals surface area contributed by atoms with E-state index >= 15 is 0 Å². The number of carbonyl (C=O) groups is 2. The van der Waals surface area contributed by atoms with E-state index in [1.807, 2.05) is 6.92 Å². The Kier molecular flexibility index (Phi) is 4.67. The van der Waals surface area contributed by atoms with Gasteiger partial charge in [0.1, 0.15) is 0 Å². The number of nitriles is 1. The lowest BCUT2D eigenvalue weighted by Crippen LogP contribution is -2.23. The Morgan fingerprint density at radius 2 is 1.91 bits per heavy atom. The van der Waals surface area contributed by atoms with E-state index in [0.717, 1.165) is 4.88 Å². The first-order chi connectivity index (χ1) is 10.9. The highest BCUT2D eigenvalue weighted by Gasteiger charge is 2.31. The number of nitrogens with zero attached hydrogens (tertiary/aromatic N) is 2. The second kappa shape index (κ2) is 6.50. The lowest BCUT2D eigenvalue weighted by molar-refractivity contribution is -0.385. The summed E-state index contributed by atoms with van der Waals surface area (Å²) in [6.07, 6.45) is 0. The van der Waals surface area contributed by atoms with E-state index in [2.05, 4.69) is 0 Å². The van der Waals surface area contributed by atoms with Crippen LogP contribution >= 0.6 is 11.3 Å². The molecule has 0 saturated heterocycles. The molecule has 116 valence electrons. The van der Waals surface area contributed by atoms with Crippen molar-refractivity contribution in [3.63, 3.8) is 0 Å². The number of nitro groups is 1. The predicted molar refractivity (Wildman–Crippen MR) is 84.7 cm³/mol. The highest BCUT2D eigenvalue weighted by atomic mass is 32.1. The molecule has 0 N–H and O–H groups in total. The van der Waals surface area contributed by atoms with Gasteiger partial charge >= 0.3 is 0 Å². The number of benzene rings is 1. The van der Waals surface area contributed by atoms with Gasteiger partial charge in [-0.1, -0.05) is 12.1 Å². The summed E-state index contributed by atoms with van der Waals surface area (Å²) in [5.74, 6) is -2.81. The summed E-state index contributed by atoms with van der Waals surface area (Å²) in [7, 11) is 0.